The number of unbranched alkanes of at least 4 members (excludes halogenated alkanes) is 1. The number of carbonyl (C=O) groups excluding carboxylic acids is 1. The minimum Gasteiger partial charge on any atom is -0.449 e. The Morgan fingerprint density at radius 1 is 1.10 bits per heavy atom. The summed E-state index contributed by atoms with van der Waals surface area (Å²) < 4.78 is 28.5. The van der Waals surface area contributed by atoms with Crippen LogP contribution in [0.2, 0.25) is 0 Å². The lowest BCUT2D eigenvalue weighted by Crippen LogP contribution is -2.41. The number of hydrogen-bond donors (Lipinski definition) is 0. The van der Waals surface area contributed by atoms with E-state index in [9.17, 15) is 13.2 Å². The largest absolute Gasteiger partial charge is 0.449 e. The third-order valence-corrected chi connectivity index (χ3v) is 6.64. The molecule has 0 saturated carbocycles. The molecule has 6 nitrogen and oxygen atoms in total. The van der Waals surface area contributed by atoms with Gasteiger partial charge in [0.2, 0.25) is 0 Å². The normalized spacial score (nSPS) is 16.8. The maximum absolute atomic E-state index is 11.9. The van der Waals surface area contributed by atoms with E-state index in [1.54, 1.807) is 12.1 Å². The predicted octanol–water partition coefficient (Wildman–Crippen LogP) is 3.74. The molecule has 1 aliphatic rings. The molecule has 1 aliphatic heterocycles. The summed E-state index contributed by atoms with van der Waals surface area (Å²) in [7, 11) is -3.16. The fraction of sp³-hybridized carbons (Fsp3) is 0.682. The topological polar surface area (TPSA) is 66.9 Å². The van der Waals surface area contributed by atoms with E-state index in [4.69, 9.17) is 4.74 Å². The monoisotopic (exact) mass is 424 g/mol. The first-order chi connectivity index (χ1) is 13.7. The van der Waals surface area contributed by atoms with E-state index in [1.165, 1.54) is 6.26 Å². The number of amides is 1. The maximum Gasteiger partial charge on any atom is 0.409 e. The maximum atomic E-state index is 11.9. The van der Waals surface area contributed by atoms with Crippen LogP contribution in [0.25, 0.3) is 0 Å². The Balaban J connectivity index is 1.84. The van der Waals surface area contributed by atoms with Crippen molar-refractivity contribution < 1.29 is 17.9 Å². The van der Waals surface area contributed by atoms with E-state index in [1.807, 2.05) is 17.0 Å². The predicted molar refractivity (Wildman–Crippen MR) is 116 cm³/mol. The van der Waals surface area contributed by atoms with Crippen molar-refractivity contribution >= 4 is 15.9 Å². The summed E-state index contributed by atoms with van der Waals surface area (Å²) in [5.74, 6) is 0. The van der Waals surface area contributed by atoms with Crippen LogP contribution in [0.4, 0.5) is 4.79 Å². The SMILES string of the molecule is CC(C)N(CCCCN1CCCCOC1=O)C(C)Cc1ccc(S(C)(=O)=O)cc1. The molecule has 0 spiro atoms. The quantitative estimate of drug-likeness (QED) is 0.535. The summed E-state index contributed by atoms with van der Waals surface area (Å²) in [5.41, 5.74) is 1.14. The smallest absolute Gasteiger partial charge is 0.409 e. The van der Waals surface area contributed by atoms with Crippen molar-refractivity contribution in [1.82, 2.24) is 9.80 Å². The van der Waals surface area contributed by atoms with E-state index in [0.29, 0.717) is 23.6 Å². The summed E-state index contributed by atoms with van der Waals surface area (Å²) in [6.45, 7) is 9.70. The molecule has 1 heterocycles. The Hall–Kier alpha value is -1.60. The molecule has 1 saturated heterocycles. The van der Waals surface area contributed by atoms with Crippen molar-refractivity contribution in [2.24, 2.45) is 0 Å². The standard InChI is InChI=1S/C22H36N2O4S/c1-18(2)24(15-6-5-13-23-14-7-8-16-28-22(23)25)19(3)17-20-9-11-21(12-10-20)29(4,26)27/h9-12,18-19H,5-8,13-17H2,1-4H3. The number of nitrogens with zero attached hydrogens (tertiary/aromatic N) is 2. The number of hydrogen-bond acceptors (Lipinski definition) is 5. The first kappa shape index (κ1) is 23.7. The van der Waals surface area contributed by atoms with Crippen LogP contribution in [0, 0.1) is 0 Å². The second kappa shape index (κ2) is 11.0. The van der Waals surface area contributed by atoms with Gasteiger partial charge in [-0.05, 0) is 77.1 Å². The molecule has 1 unspecified atom stereocenters. The van der Waals surface area contributed by atoms with E-state index in [0.717, 1.165) is 57.3 Å². The highest BCUT2D eigenvalue weighted by atomic mass is 32.2. The summed E-state index contributed by atoms with van der Waals surface area (Å²) >= 11 is 0. The van der Waals surface area contributed by atoms with Gasteiger partial charge in [0.05, 0.1) is 11.5 Å². The Morgan fingerprint density at radius 3 is 2.41 bits per heavy atom. The summed E-state index contributed by atoms with van der Waals surface area (Å²) in [6, 6.07) is 7.98. The summed E-state index contributed by atoms with van der Waals surface area (Å²) in [4.78, 5) is 16.6. The molecule has 1 fully saturated rings. The summed E-state index contributed by atoms with van der Waals surface area (Å²) in [5, 5.41) is 0. The lowest BCUT2D eigenvalue weighted by atomic mass is 10.0. The van der Waals surface area contributed by atoms with E-state index >= 15 is 0 Å². The highest BCUT2D eigenvalue weighted by Gasteiger charge is 2.20. The van der Waals surface area contributed by atoms with Crippen LogP contribution in [0.1, 0.15) is 52.0 Å². The third-order valence-electron chi connectivity index (χ3n) is 5.51. The Labute approximate surface area is 176 Å². The second-order valence-corrected chi connectivity index (χ2v) is 10.3. The molecule has 1 aromatic rings. The van der Waals surface area contributed by atoms with Crippen LogP contribution in [-0.4, -0.2) is 68.9 Å². The van der Waals surface area contributed by atoms with Gasteiger partial charge in [0.25, 0.3) is 0 Å². The fourth-order valence-electron chi connectivity index (χ4n) is 3.87. The van der Waals surface area contributed by atoms with Gasteiger partial charge < -0.3 is 9.64 Å². The van der Waals surface area contributed by atoms with Crippen molar-refractivity contribution in [3.8, 4) is 0 Å². The third kappa shape index (κ3) is 7.63. The highest BCUT2D eigenvalue weighted by Crippen LogP contribution is 2.16. The average molecular weight is 425 g/mol. The van der Waals surface area contributed by atoms with Crippen LogP contribution in [-0.2, 0) is 21.0 Å². The molecular formula is C22H36N2O4S. The molecule has 1 aromatic carbocycles. The van der Waals surface area contributed by atoms with Crippen LogP contribution in [0.15, 0.2) is 29.2 Å². The fourth-order valence-corrected chi connectivity index (χ4v) is 4.50. The van der Waals surface area contributed by atoms with E-state index < -0.39 is 9.84 Å². The minimum absolute atomic E-state index is 0.172. The lowest BCUT2D eigenvalue weighted by Gasteiger charge is -2.33. The highest BCUT2D eigenvalue weighted by molar-refractivity contribution is 7.90. The van der Waals surface area contributed by atoms with E-state index in [2.05, 4.69) is 25.7 Å². The molecule has 164 valence electrons. The van der Waals surface area contributed by atoms with Crippen molar-refractivity contribution in [2.75, 3.05) is 32.5 Å². The average Bonchev–Trinajstić information content (AvgIpc) is 2.85. The molecule has 1 atom stereocenters. The van der Waals surface area contributed by atoms with Gasteiger partial charge in [0.1, 0.15) is 0 Å². The van der Waals surface area contributed by atoms with Gasteiger partial charge in [-0.15, -0.1) is 0 Å². The Kier molecular flexibility index (Phi) is 8.96. The number of benzene rings is 1. The van der Waals surface area contributed by atoms with E-state index in [-0.39, 0.29) is 6.09 Å². The van der Waals surface area contributed by atoms with Crippen molar-refractivity contribution in [3.63, 3.8) is 0 Å². The zero-order chi connectivity index (χ0) is 21.4. The number of cyclic esters (lactones) is 1. The molecule has 0 aromatic heterocycles. The van der Waals surface area contributed by atoms with Gasteiger partial charge >= 0.3 is 6.09 Å². The molecule has 2 rings (SSSR count). The molecule has 0 N–H and O–H groups in total. The molecule has 7 heteroatoms. The molecular weight excluding hydrogens is 388 g/mol. The molecule has 1 amide bonds. The summed E-state index contributed by atoms with van der Waals surface area (Å²) in [6.07, 6.45) is 5.89. The van der Waals surface area contributed by atoms with Gasteiger partial charge in [-0.2, -0.15) is 0 Å². The first-order valence-electron chi connectivity index (χ1n) is 10.6. The zero-order valence-electron chi connectivity index (χ0n) is 18.3. The number of carbonyl (C=O) groups is 1. The van der Waals surface area contributed by atoms with Crippen molar-refractivity contribution in [1.29, 1.82) is 0 Å². The second-order valence-electron chi connectivity index (χ2n) is 8.32. The lowest BCUT2D eigenvalue weighted by molar-refractivity contribution is 0.113. The molecule has 0 aliphatic carbocycles. The first-order valence-corrected chi connectivity index (χ1v) is 12.5. The minimum atomic E-state index is -3.16. The molecule has 0 radical (unpaired) electrons. The number of ether oxygens (including phenoxy) is 1. The van der Waals surface area contributed by atoms with Crippen LogP contribution in [0.3, 0.4) is 0 Å². The zero-order valence-corrected chi connectivity index (χ0v) is 19.1. The molecule has 0 bridgehead atoms. The van der Waals surface area contributed by atoms with Gasteiger partial charge in [-0.3, -0.25) is 4.90 Å². The van der Waals surface area contributed by atoms with Gasteiger partial charge in [-0.1, -0.05) is 12.1 Å². The number of sulfone groups is 1. The van der Waals surface area contributed by atoms with Crippen molar-refractivity contribution in [3.05, 3.63) is 29.8 Å². The van der Waals surface area contributed by atoms with Crippen LogP contribution in [0.5, 0.6) is 0 Å². The Morgan fingerprint density at radius 2 is 1.79 bits per heavy atom. The molecule has 29 heavy (non-hydrogen) atoms. The van der Waals surface area contributed by atoms with Crippen LogP contribution >= 0.6 is 0 Å². The van der Waals surface area contributed by atoms with Crippen LogP contribution < -0.4 is 0 Å². The van der Waals surface area contributed by atoms with Gasteiger partial charge in [-0.25, -0.2) is 13.2 Å². The van der Waals surface area contributed by atoms with Gasteiger partial charge in [0, 0.05) is 31.4 Å². The Bertz CT molecular complexity index is 747. The van der Waals surface area contributed by atoms with Crippen molar-refractivity contribution in [2.45, 2.75) is 69.9 Å². The van der Waals surface area contributed by atoms with Gasteiger partial charge in [0.15, 0.2) is 9.84 Å². The number of rotatable bonds is 10.